The minimum absolute atomic E-state index is 0.0916. The second-order valence-corrected chi connectivity index (χ2v) is 6.30. The predicted molar refractivity (Wildman–Crippen MR) is 87.2 cm³/mol. The summed E-state index contributed by atoms with van der Waals surface area (Å²) >= 11 is 0.887. The van der Waals surface area contributed by atoms with Gasteiger partial charge in [0, 0.05) is 12.7 Å². The van der Waals surface area contributed by atoms with Gasteiger partial charge in [0.1, 0.15) is 6.04 Å². The molecule has 0 fully saturated rings. The number of ether oxygens (including phenoxy) is 1. The van der Waals surface area contributed by atoms with Gasteiger partial charge in [0.2, 0.25) is 5.91 Å². The molecule has 0 aromatic carbocycles. The molecule has 7 heteroatoms. The van der Waals surface area contributed by atoms with Crippen molar-refractivity contribution in [1.82, 2.24) is 10.2 Å². The number of esters is 1. The Kier molecular flexibility index (Phi) is 8.83. The summed E-state index contributed by atoms with van der Waals surface area (Å²) in [6.45, 7) is 6.99. The van der Waals surface area contributed by atoms with Gasteiger partial charge >= 0.3 is 5.97 Å². The number of nitrogens with one attached hydrogen (secondary N) is 1. The van der Waals surface area contributed by atoms with Gasteiger partial charge in [-0.2, -0.15) is 0 Å². The average molecular weight is 328 g/mol. The molecule has 1 N–H and O–H groups in total. The van der Waals surface area contributed by atoms with E-state index in [-0.39, 0.29) is 23.4 Å². The SMILES string of the molecule is CCOC(=O)C(CSC(=O)C#CC(C)(C)N(C)C)NC(C)=O. The molecule has 0 heterocycles. The fourth-order valence-electron chi connectivity index (χ4n) is 1.17. The molecule has 0 aliphatic carbocycles. The summed E-state index contributed by atoms with van der Waals surface area (Å²) < 4.78 is 4.86. The normalized spacial score (nSPS) is 12.1. The third-order valence-corrected chi connectivity index (χ3v) is 3.78. The number of hydrogen-bond donors (Lipinski definition) is 1. The highest BCUT2D eigenvalue weighted by Crippen LogP contribution is 2.09. The first-order valence-corrected chi connectivity index (χ1v) is 7.89. The largest absolute Gasteiger partial charge is 0.464 e. The van der Waals surface area contributed by atoms with Gasteiger partial charge < -0.3 is 10.1 Å². The van der Waals surface area contributed by atoms with Crippen LogP contribution in [0.4, 0.5) is 0 Å². The molecule has 0 saturated heterocycles. The van der Waals surface area contributed by atoms with Crippen LogP contribution in [-0.2, 0) is 19.1 Å². The zero-order valence-electron chi connectivity index (χ0n) is 14.0. The summed E-state index contributed by atoms with van der Waals surface area (Å²) in [5, 5.41) is 2.12. The number of hydrogen-bond acceptors (Lipinski definition) is 6. The zero-order chi connectivity index (χ0) is 17.3. The second-order valence-electron chi connectivity index (χ2n) is 5.31. The Morgan fingerprint density at radius 3 is 2.36 bits per heavy atom. The van der Waals surface area contributed by atoms with Crippen LogP contribution in [0.5, 0.6) is 0 Å². The van der Waals surface area contributed by atoms with Gasteiger partial charge in [-0.3, -0.25) is 14.5 Å². The van der Waals surface area contributed by atoms with Crippen LogP contribution in [0.3, 0.4) is 0 Å². The number of carbonyl (C=O) groups excluding carboxylic acids is 3. The van der Waals surface area contributed by atoms with Crippen LogP contribution < -0.4 is 5.32 Å². The van der Waals surface area contributed by atoms with E-state index in [1.54, 1.807) is 6.92 Å². The van der Waals surface area contributed by atoms with Crippen molar-refractivity contribution in [3.8, 4) is 11.8 Å². The summed E-state index contributed by atoms with van der Waals surface area (Å²) in [5.74, 6) is 4.61. The molecule has 0 aliphatic heterocycles. The van der Waals surface area contributed by atoms with Crippen LogP contribution in [0.25, 0.3) is 0 Å². The maximum Gasteiger partial charge on any atom is 0.329 e. The highest BCUT2D eigenvalue weighted by atomic mass is 32.2. The molecule has 0 rings (SSSR count). The molecule has 0 spiro atoms. The van der Waals surface area contributed by atoms with Crippen molar-refractivity contribution in [2.45, 2.75) is 39.3 Å². The average Bonchev–Trinajstić information content (AvgIpc) is 2.40. The maximum absolute atomic E-state index is 11.8. The molecule has 0 saturated carbocycles. The maximum atomic E-state index is 11.8. The molecule has 6 nitrogen and oxygen atoms in total. The molecule has 1 atom stereocenters. The highest BCUT2D eigenvalue weighted by molar-refractivity contribution is 8.14. The van der Waals surface area contributed by atoms with Crippen molar-refractivity contribution in [1.29, 1.82) is 0 Å². The molecule has 0 aromatic rings. The van der Waals surface area contributed by atoms with E-state index in [0.29, 0.717) is 0 Å². The third kappa shape index (κ3) is 8.05. The van der Waals surface area contributed by atoms with Gasteiger partial charge in [0.25, 0.3) is 5.12 Å². The van der Waals surface area contributed by atoms with Gasteiger partial charge in [-0.05, 0) is 40.8 Å². The van der Waals surface area contributed by atoms with E-state index in [4.69, 9.17) is 4.74 Å². The van der Waals surface area contributed by atoms with E-state index in [2.05, 4.69) is 17.2 Å². The van der Waals surface area contributed by atoms with E-state index >= 15 is 0 Å². The molecular weight excluding hydrogens is 304 g/mol. The predicted octanol–water partition coefficient (Wildman–Crippen LogP) is 0.658. The van der Waals surface area contributed by atoms with Gasteiger partial charge in [0.15, 0.2) is 0 Å². The smallest absolute Gasteiger partial charge is 0.329 e. The first kappa shape index (κ1) is 20.5. The Labute approximate surface area is 136 Å². The van der Waals surface area contributed by atoms with Crippen LogP contribution >= 0.6 is 11.8 Å². The second kappa shape index (κ2) is 9.49. The molecule has 1 amide bonds. The molecule has 22 heavy (non-hydrogen) atoms. The Hall–Kier alpha value is -1.52. The lowest BCUT2D eigenvalue weighted by Crippen LogP contribution is -2.42. The summed E-state index contributed by atoms with van der Waals surface area (Å²) in [5.41, 5.74) is -0.422. The van der Waals surface area contributed by atoms with Crippen LogP contribution in [0, 0.1) is 11.8 Å². The number of rotatable bonds is 6. The molecule has 0 aromatic heterocycles. The Morgan fingerprint density at radius 1 is 1.32 bits per heavy atom. The highest BCUT2D eigenvalue weighted by Gasteiger charge is 2.22. The number of thioether (sulfide) groups is 1. The molecular formula is C15H24N2O4S. The van der Waals surface area contributed by atoms with Gasteiger partial charge in [-0.1, -0.05) is 17.7 Å². The van der Waals surface area contributed by atoms with E-state index in [1.165, 1.54) is 6.92 Å². The number of amides is 1. The topological polar surface area (TPSA) is 75.7 Å². The van der Waals surface area contributed by atoms with Gasteiger partial charge in [-0.15, -0.1) is 0 Å². The third-order valence-electron chi connectivity index (χ3n) is 2.92. The Balaban J connectivity index is 4.66. The lowest BCUT2D eigenvalue weighted by Gasteiger charge is -2.26. The minimum Gasteiger partial charge on any atom is -0.464 e. The molecule has 0 bridgehead atoms. The summed E-state index contributed by atoms with van der Waals surface area (Å²) in [7, 11) is 3.75. The Bertz CT molecular complexity index is 478. The van der Waals surface area contributed by atoms with Crippen LogP contribution in [0.1, 0.15) is 27.7 Å². The first-order chi connectivity index (χ1) is 10.1. The minimum atomic E-state index is -0.852. The summed E-state index contributed by atoms with van der Waals surface area (Å²) in [6, 6.07) is -0.852. The van der Waals surface area contributed by atoms with Crippen LogP contribution in [-0.4, -0.2) is 59.9 Å². The van der Waals surface area contributed by atoms with Crippen molar-refractivity contribution in [2.75, 3.05) is 26.5 Å². The van der Waals surface area contributed by atoms with Crippen LogP contribution in [0.15, 0.2) is 0 Å². The number of carbonyl (C=O) groups is 3. The van der Waals surface area contributed by atoms with Crippen molar-refractivity contribution >= 4 is 28.8 Å². The van der Waals surface area contributed by atoms with E-state index in [1.807, 2.05) is 32.8 Å². The van der Waals surface area contributed by atoms with Crippen molar-refractivity contribution in [3.63, 3.8) is 0 Å². The van der Waals surface area contributed by atoms with Crippen molar-refractivity contribution in [3.05, 3.63) is 0 Å². The Morgan fingerprint density at radius 2 is 1.91 bits per heavy atom. The molecule has 1 unspecified atom stereocenters. The lowest BCUT2D eigenvalue weighted by atomic mass is 10.1. The monoisotopic (exact) mass is 328 g/mol. The lowest BCUT2D eigenvalue weighted by molar-refractivity contribution is -0.146. The zero-order valence-corrected chi connectivity index (χ0v) is 14.8. The van der Waals surface area contributed by atoms with Crippen LogP contribution in [0.2, 0.25) is 0 Å². The molecule has 124 valence electrons. The summed E-state index contributed by atoms with van der Waals surface area (Å²) in [6.07, 6.45) is 0. The van der Waals surface area contributed by atoms with E-state index < -0.39 is 17.6 Å². The molecule has 0 aliphatic rings. The first-order valence-electron chi connectivity index (χ1n) is 6.91. The summed E-state index contributed by atoms with van der Waals surface area (Å²) in [4.78, 5) is 36.5. The van der Waals surface area contributed by atoms with Gasteiger partial charge in [0.05, 0.1) is 12.1 Å². The van der Waals surface area contributed by atoms with Crippen molar-refractivity contribution in [2.24, 2.45) is 0 Å². The van der Waals surface area contributed by atoms with E-state index in [0.717, 1.165) is 11.8 Å². The fraction of sp³-hybridized carbons (Fsp3) is 0.667. The fourth-order valence-corrected chi connectivity index (χ4v) is 1.83. The van der Waals surface area contributed by atoms with Crippen molar-refractivity contribution < 1.29 is 19.1 Å². The quantitative estimate of drug-likeness (QED) is 0.570. The standard InChI is InChI=1S/C15H24N2O4S/c1-7-21-14(20)12(16-11(2)18)10-22-13(19)8-9-15(3,4)17(5)6/h12H,7,10H2,1-6H3,(H,16,18). The van der Waals surface area contributed by atoms with Gasteiger partial charge in [-0.25, -0.2) is 4.79 Å². The van der Waals surface area contributed by atoms with E-state index in [9.17, 15) is 14.4 Å². The number of nitrogens with zero attached hydrogens (tertiary/aromatic N) is 1. The molecule has 0 radical (unpaired) electrons.